The Morgan fingerprint density at radius 2 is 2.07 bits per heavy atom. The summed E-state index contributed by atoms with van der Waals surface area (Å²) in [6.07, 6.45) is 3.58. The lowest BCUT2D eigenvalue weighted by molar-refractivity contribution is 1.06. The minimum absolute atomic E-state index is 0.667. The van der Waals surface area contributed by atoms with Crippen molar-refractivity contribution in [2.45, 2.75) is 6.54 Å². The number of hydrogen-bond donors (Lipinski definition) is 1. The van der Waals surface area contributed by atoms with Crippen LogP contribution in [0.5, 0.6) is 0 Å². The summed E-state index contributed by atoms with van der Waals surface area (Å²) >= 11 is 7.32. The van der Waals surface area contributed by atoms with Gasteiger partial charge in [-0.05, 0) is 50.7 Å². The van der Waals surface area contributed by atoms with Crippen LogP contribution in [0.15, 0.2) is 28.3 Å². The normalized spacial score (nSPS) is 10.3. The van der Waals surface area contributed by atoms with Crippen LogP contribution in [0.25, 0.3) is 0 Å². The number of halogens is 2. The Morgan fingerprint density at radius 3 is 2.67 bits per heavy atom. The maximum absolute atomic E-state index is 4.16. The summed E-state index contributed by atoms with van der Waals surface area (Å²) in [4.78, 5) is 9.58. The lowest BCUT2D eigenvalue weighted by atomic mass is 10.5. The van der Waals surface area contributed by atoms with Gasteiger partial charge in [-0.3, -0.25) is 0 Å². The number of rotatable bonds is 3. The second-order valence-electron chi connectivity index (χ2n) is 2.78. The lowest BCUT2D eigenvalue weighted by Crippen LogP contribution is -2.01. The molecule has 0 aliphatic rings. The first-order chi connectivity index (χ1) is 7.24. The third-order valence-corrected chi connectivity index (χ3v) is 3.85. The second kappa shape index (κ2) is 5.22. The van der Waals surface area contributed by atoms with E-state index in [1.807, 2.05) is 6.07 Å². The maximum atomic E-state index is 4.16. The van der Waals surface area contributed by atoms with E-state index >= 15 is 0 Å². The highest BCUT2D eigenvalue weighted by Crippen LogP contribution is 2.22. The van der Waals surface area contributed by atoms with Crippen molar-refractivity contribution in [2.24, 2.45) is 0 Å². The number of aromatic nitrogens is 2. The molecule has 0 aromatic carbocycles. The summed E-state index contributed by atoms with van der Waals surface area (Å²) in [6, 6.07) is 4.12. The molecular weight excluding hydrogens is 389 g/mol. The van der Waals surface area contributed by atoms with Gasteiger partial charge in [0.05, 0.1) is 10.3 Å². The number of anilines is 1. The number of hydrogen-bond acceptors (Lipinski definition) is 4. The van der Waals surface area contributed by atoms with Gasteiger partial charge in [0.25, 0.3) is 0 Å². The average molecular weight is 396 g/mol. The fourth-order valence-corrected chi connectivity index (χ4v) is 2.72. The molecule has 1 N–H and O–H groups in total. The van der Waals surface area contributed by atoms with Gasteiger partial charge in [0.1, 0.15) is 0 Å². The molecule has 0 unspecified atom stereocenters. The first kappa shape index (κ1) is 11.3. The molecule has 0 aliphatic carbocycles. The molecule has 15 heavy (non-hydrogen) atoms. The molecule has 0 amide bonds. The topological polar surface area (TPSA) is 37.8 Å². The SMILES string of the molecule is Brc1ccc(CNc2ncc(I)cn2)s1. The molecule has 2 aromatic rings. The van der Waals surface area contributed by atoms with Crippen molar-refractivity contribution in [1.82, 2.24) is 9.97 Å². The van der Waals surface area contributed by atoms with Crippen LogP contribution in [0.3, 0.4) is 0 Å². The van der Waals surface area contributed by atoms with Crippen molar-refractivity contribution in [3.63, 3.8) is 0 Å². The number of thiophene rings is 1. The summed E-state index contributed by atoms with van der Waals surface area (Å²) < 4.78 is 2.18. The molecule has 0 radical (unpaired) electrons. The van der Waals surface area contributed by atoms with E-state index in [1.54, 1.807) is 23.7 Å². The third kappa shape index (κ3) is 3.39. The van der Waals surface area contributed by atoms with Crippen molar-refractivity contribution >= 4 is 55.8 Å². The van der Waals surface area contributed by atoms with Gasteiger partial charge in [-0.15, -0.1) is 11.3 Å². The maximum Gasteiger partial charge on any atom is 0.222 e. The van der Waals surface area contributed by atoms with Gasteiger partial charge in [0.2, 0.25) is 5.95 Å². The Kier molecular flexibility index (Phi) is 3.92. The zero-order valence-electron chi connectivity index (χ0n) is 7.58. The highest BCUT2D eigenvalue weighted by molar-refractivity contribution is 14.1. The fraction of sp³-hybridized carbons (Fsp3) is 0.111. The van der Waals surface area contributed by atoms with E-state index in [0.717, 1.165) is 13.9 Å². The summed E-state index contributed by atoms with van der Waals surface area (Å²) in [5, 5.41) is 3.17. The van der Waals surface area contributed by atoms with E-state index in [1.165, 1.54) is 4.88 Å². The Labute approximate surface area is 114 Å². The van der Waals surface area contributed by atoms with Crippen molar-refractivity contribution in [1.29, 1.82) is 0 Å². The Bertz CT molecular complexity index is 443. The lowest BCUT2D eigenvalue weighted by Gasteiger charge is -2.01. The van der Waals surface area contributed by atoms with E-state index in [0.29, 0.717) is 5.95 Å². The molecular formula is C9H7BrIN3S. The molecule has 2 aromatic heterocycles. The predicted molar refractivity (Wildman–Crippen MR) is 74.1 cm³/mol. The van der Waals surface area contributed by atoms with E-state index in [9.17, 15) is 0 Å². The summed E-state index contributed by atoms with van der Waals surface area (Å²) in [5.74, 6) is 0.667. The van der Waals surface area contributed by atoms with Crippen LogP contribution in [-0.2, 0) is 6.54 Å². The average Bonchev–Trinajstić information content (AvgIpc) is 2.64. The molecule has 6 heteroatoms. The van der Waals surface area contributed by atoms with Crippen LogP contribution in [0.1, 0.15) is 4.88 Å². The van der Waals surface area contributed by atoms with Gasteiger partial charge in [0.15, 0.2) is 0 Å². The Morgan fingerprint density at radius 1 is 1.33 bits per heavy atom. The monoisotopic (exact) mass is 395 g/mol. The molecule has 2 rings (SSSR count). The molecule has 0 atom stereocenters. The van der Waals surface area contributed by atoms with Gasteiger partial charge in [-0.25, -0.2) is 9.97 Å². The van der Waals surface area contributed by atoms with Gasteiger partial charge in [0, 0.05) is 20.8 Å². The van der Waals surface area contributed by atoms with E-state index < -0.39 is 0 Å². The smallest absolute Gasteiger partial charge is 0.222 e. The van der Waals surface area contributed by atoms with Crippen molar-refractivity contribution in [2.75, 3.05) is 5.32 Å². The molecule has 0 fully saturated rings. The first-order valence-corrected chi connectivity index (χ1v) is 6.88. The van der Waals surface area contributed by atoms with Crippen LogP contribution < -0.4 is 5.32 Å². The van der Waals surface area contributed by atoms with Crippen LogP contribution in [0.2, 0.25) is 0 Å². The minimum atomic E-state index is 0.667. The minimum Gasteiger partial charge on any atom is -0.349 e. The van der Waals surface area contributed by atoms with E-state index in [-0.39, 0.29) is 0 Å². The quantitative estimate of drug-likeness (QED) is 0.808. The molecule has 0 saturated carbocycles. The largest absolute Gasteiger partial charge is 0.349 e. The molecule has 0 aliphatic heterocycles. The van der Waals surface area contributed by atoms with Gasteiger partial charge < -0.3 is 5.32 Å². The highest BCUT2D eigenvalue weighted by Gasteiger charge is 1.99. The molecule has 2 heterocycles. The van der Waals surface area contributed by atoms with Crippen LogP contribution >= 0.6 is 49.9 Å². The van der Waals surface area contributed by atoms with Crippen molar-refractivity contribution in [3.05, 3.63) is 36.8 Å². The summed E-state index contributed by atoms with van der Waals surface area (Å²) in [6.45, 7) is 0.761. The van der Waals surface area contributed by atoms with E-state index in [2.05, 4.69) is 59.9 Å². The zero-order valence-corrected chi connectivity index (χ0v) is 12.1. The van der Waals surface area contributed by atoms with E-state index in [4.69, 9.17) is 0 Å². The zero-order chi connectivity index (χ0) is 10.7. The molecule has 78 valence electrons. The molecule has 0 bridgehead atoms. The fourth-order valence-electron chi connectivity index (χ4n) is 1.02. The third-order valence-electron chi connectivity index (χ3n) is 1.67. The summed E-state index contributed by atoms with van der Waals surface area (Å²) in [7, 11) is 0. The van der Waals surface area contributed by atoms with Crippen LogP contribution in [0.4, 0.5) is 5.95 Å². The van der Waals surface area contributed by atoms with Crippen LogP contribution in [-0.4, -0.2) is 9.97 Å². The predicted octanol–water partition coefficient (Wildman–Crippen LogP) is 3.52. The highest BCUT2D eigenvalue weighted by atomic mass is 127. The van der Waals surface area contributed by atoms with Crippen LogP contribution in [0, 0.1) is 3.57 Å². The van der Waals surface area contributed by atoms with Gasteiger partial charge >= 0.3 is 0 Å². The van der Waals surface area contributed by atoms with Gasteiger partial charge in [-0.1, -0.05) is 0 Å². The summed E-state index contributed by atoms with van der Waals surface area (Å²) in [5.41, 5.74) is 0. The molecule has 0 saturated heterocycles. The number of nitrogens with zero attached hydrogens (tertiary/aromatic N) is 2. The first-order valence-electron chi connectivity index (χ1n) is 4.19. The molecule has 3 nitrogen and oxygen atoms in total. The standard InChI is InChI=1S/C9H7BrIN3S/c10-8-2-1-7(15-8)5-14-9-12-3-6(11)4-13-9/h1-4H,5H2,(H,12,13,14). The van der Waals surface area contributed by atoms with Crippen molar-refractivity contribution < 1.29 is 0 Å². The molecule has 0 spiro atoms. The number of nitrogens with one attached hydrogen (secondary N) is 1. The van der Waals surface area contributed by atoms with Gasteiger partial charge in [-0.2, -0.15) is 0 Å². The Hall–Kier alpha value is -0.210. The Balaban J connectivity index is 1.96. The van der Waals surface area contributed by atoms with Crippen molar-refractivity contribution in [3.8, 4) is 0 Å². The second-order valence-corrected chi connectivity index (χ2v) is 6.58.